The lowest BCUT2D eigenvalue weighted by atomic mass is 9.74. The molecular formula is C9H14ClNO2. The van der Waals surface area contributed by atoms with Gasteiger partial charge in [0.1, 0.15) is 0 Å². The number of carboxylic acid groups (broad SMARTS) is 1. The highest BCUT2D eigenvalue weighted by Crippen LogP contribution is 2.38. The summed E-state index contributed by atoms with van der Waals surface area (Å²) in [7, 11) is 0. The Morgan fingerprint density at radius 2 is 2.46 bits per heavy atom. The molecule has 1 aliphatic carbocycles. The third kappa shape index (κ3) is 2.71. The fourth-order valence-electron chi connectivity index (χ4n) is 1.65. The Kier molecular flexibility index (Phi) is 3.33. The Morgan fingerprint density at radius 3 is 2.85 bits per heavy atom. The Morgan fingerprint density at radius 1 is 1.77 bits per heavy atom. The summed E-state index contributed by atoms with van der Waals surface area (Å²) in [6.07, 6.45) is 4.26. The summed E-state index contributed by atoms with van der Waals surface area (Å²) in [6.45, 7) is 0.417. The normalized spacial score (nSPS) is 28.3. The molecule has 0 aromatic rings. The van der Waals surface area contributed by atoms with Crippen LogP contribution < -0.4 is 5.73 Å². The van der Waals surface area contributed by atoms with Crippen LogP contribution >= 0.6 is 11.6 Å². The van der Waals surface area contributed by atoms with Gasteiger partial charge in [0.25, 0.3) is 0 Å². The molecule has 13 heavy (non-hydrogen) atoms. The van der Waals surface area contributed by atoms with Crippen LogP contribution in [-0.4, -0.2) is 17.6 Å². The van der Waals surface area contributed by atoms with Crippen molar-refractivity contribution < 1.29 is 9.90 Å². The summed E-state index contributed by atoms with van der Waals surface area (Å²) in [4.78, 5) is 10.6. The van der Waals surface area contributed by atoms with Crippen LogP contribution in [0.4, 0.5) is 0 Å². The molecule has 0 aliphatic heterocycles. The van der Waals surface area contributed by atoms with Gasteiger partial charge in [-0.1, -0.05) is 17.7 Å². The molecule has 1 unspecified atom stereocenters. The third-order valence-electron chi connectivity index (χ3n) is 2.61. The minimum atomic E-state index is -0.781. The number of carboxylic acids is 1. The summed E-state index contributed by atoms with van der Waals surface area (Å²) < 4.78 is 0. The average molecular weight is 204 g/mol. The highest BCUT2D eigenvalue weighted by Gasteiger charge is 2.32. The van der Waals surface area contributed by atoms with Crippen molar-refractivity contribution >= 4 is 17.6 Å². The van der Waals surface area contributed by atoms with Crippen molar-refractivity contribution in [2.24, 2.45) is 11.1 Å². The van der Waals surface area contributed by atoms with Crippen LogP contribution in [0.1, 0.15) is 25.7 Å². The van der Waals surface area contributed by atoms with Crippen molar-refractivity contribution in [3.8, 4) is 0 Å². The number of carbonyl (C=O) groups is 1. The molecule has 0 saturated heterocycles. The molecular weight excluding hydrogens is 190 g/mol. The molecule has 0 saturated carbocycles. The maximum absolute atomic E-state index is 10.6. The van der Waals surface area contributed by atoms with Crippen LogP contribution in [-0.2, 0) is 4.79 Å². The van der Waals surface area contributed by atoms with Crippen molar-refractivity contribution in [1.29, 1.82) is 0 Å². The van der Waals surface area contributed by atoms with Crippen LogP contribution in [0.3, 0.4) is 0 Å². The second-order valence-corrected chi connectivity index (χ2v) is 4.12. The molecule has 0 aromatic heterocycles. The Labute approximate surface area is 82.6 Å². The molecule has 0 heterocycles. The predicted octanol–water partition coefficient (Wildman–Crippen LogP) is 1.71. The summed E-state index contributed by atoms with van der Waals surface area (Å²) in [5, 5.41) is 9.55. The lowest BCUT2D eigenvalue weighted by Crippen LogP contribution is -2.34. The first-order valence-corrected chi connectivity index (χ1v) is 4.72. The first kappa shape index (κ1) is 10.5. The average Bonchev–Trinajstić information content (AvgIpc) is 2.09. The van der Waals surface area contributed by atoms with Gasteiger partial charge in [0.15, 0.2) is 0 Å². The van der Waals surface area contributed by atoms with Gasteiger partial charge in [0.05, 0.1) is 6.42 Å². The fraction of sp³-hybridized carbons (Fsp3) is 0.667. The summed E-state index contributed by atoms with van der Waals surface area (Å²) >= 11 is 5.81. The van der Waals surface area contributed by atoms with E-state index in [0.29, 0.717) is 13.0 Å². The van der Waals surface area contributed by atoms with E-state index < -0.39 is 5.97 Å². The van der Waals surface area contributed by atoms with Gasteiger partial charge in [-0.3, -0.25) is 4.79 Å². The zero-order valence-electron chi connectivity index (χ0n) is 7.42. The maximum Gasteiger partial charge on any atom is 0.303 e. The molecule has 0 aromatic carbocycles. The van der Waals surface area contributed by atoms with Crippen molar-refractivity contribution in [2.75, 3.05) is 6.54 Å². The van der Waals surface area contributed by atoms with Crippen molar-refractivity contribution in [1.82, 2.24) is 0 Å². The molecule has 4 heteroatoms. The quantitative estimate of drug-likeness (QED) is 0.734. The van der Waals surface area contributed by atoms with Crippen LogP contribution in [0.5, 0.6) is 0 Å². The first-order valence-electron chi connectivity index (χ1n) is 4.34. The highest BCUT2D eigenvalue weighted by molar-refractivity contribution is 6.29. The van der Waals surface area contributed by atoms with E-state index in [0.717, 1.165) is 17.9 Å². The lowest BCUT2D eigenvalue weighted by molar-refractivity contribution is -0.139. The standard InChI is InChI=1S/C9H14ClNO2/c10-7-1-3-9(6-11,4-2-7)5-8(12)13/h1H,2-6,11H2,(H,12,13). The smallest absolute Gasteiger partial charge is 0.303 e. The number of nitrogens with two attached hydrogens (primary N) is 1. The Bertz CT molecular complexity index is 240. The van der Waals surface area contributed by atoms with Crippen LogP contribution in [0.2, 0.25) is 0 Å². The van der Waals surface area contributed by atoms with Crippen LogP contribution in [0, 0.1) is 5.41 Å². The molecule has 0 radical (unpaired) electrons. The van der Waals surface area contributed by atoms with Crippen molar-refractivity contribution in [3.63, 3.8) is 0 Å². The van der Waals surface area contributed by atoms with E-state index in [2.05, 4.69) is 0 Å². The predicted molar refractivity (Wildman–Crippen MR) is 51.5 cm³/mol. The Hall–Kier alpha value is -0.540. The van der Waals surface area contributed by atoms with E-state index in [1.54, 1.807) is 0 Å². The second-order valence-electron chi connectivity index (χ2n) is 3.63. The van der Waals surface area contributed by atoms with Crippen LogP contribution in [0.15, 0.2) is 11.1 Å². The molecule has 1 aliphatic rings. The zero-order chi connectivity index (χ0) is 9.90. The summed E-state index contributed by atoms with van der Waals surface area (Å²) in [5.41, 5.74) is 5.34. The van der Waals surface area contributed by atoms with Gasteiger partial charge in [0.2, 0.25) is 0 Å². The highest BCUT2D eigenvalue weighted by atomic mass is 35.5. The molecule has 1 rings (SSSR count). The van der Waals surface area contributed by atoms with E-state index in [1.807, 2.05) is 6.08 Å². The number of rotatable bonds is 3. The summed E-state index contributed by atoms with van der Waals surface area (Å²) in [5.74, 6) is -0.781. The number of allylic oxidation sites excluding steroid dienone is 2. The van der Waals surface area contributed by atoms with Gasteiger partial charge >= 0.3 is 5.97 Å². The van der Waals surface area contributed by atoms with E-state index >= 15 is 0 Å². The van der Waals surface area contributed by atoms with Gasteiger partial charge < -0.3 is 10.8 Å². The van der Waals surface area contributed by atoms with Crippen molar-refractivity contribution in [2.45, 2.75) is 25.7 Å². The maximum atomic E-state index is 10.6. The number of aliphatic carboxylic acids is 1. The summed E-state index contributed by atoms with van der Waals surface area (Å²) in [6, 6.07) is 0. The van der Waals surface area contributed by atoms with E-state index in [-0.39, 0.29) is 11.8 Å². The van der Waals surface area contributed by atoms with Gasteiger partial charge in [0, 0.05) is 5.03 Å². The van der Waals surface area contributed by atoms with Gasteiger partial charge in [-0.15, -0.1) is 0 Å². The zero-order valence-corrected chi connectivity index (χ0v) is 8.18. The number of halogens is 1. The minimum Gasteiger partial charge on any atom is -0.481 e. The molecule has 3 N–H and O–H groups in total. The molecule has 1 atom stereocenters. The largest absolute Gasteiger partial charge is 0.481 e. The monoisotopic (exact) mass is 203 g/mol. The molecule has 0 bridgehead atoms. The van der Waals surface area contributed by atoms with E-state index in [9.17, 15) is 4.79 Å². The lowest BCUT2D eigenvalue weighted by Gasteiger charge is -2.32. The molecule has 0 amide bonds. The Balaban J connectivity index is 2.66. The number of hydrogen-bond acceptors (Lipinski definition) is 2. The van der Waals surface area contributed by atoms with Crippen molar-refractivity contribution in [3.05, 3.63) is 11.1 Å². The minimum absolute atomic E-state index is 0.143. The second kappa shape index (κ2) is 4.11. The van der Waals surface area contributed by atoms with Gasteiger partial charge in [-0.05, 0) is 31.2 Å². The van der Waals surface area contributed by atoms with E-state index in [4.69, 9.17) is 22.4 Å². The molecule has 0 fully saturated rings. The van der Waals surface area contributed by atoms with Crippen LogP contribution in [0.25, 0.3) is 0 Å². The van der Waals surface area contributed by atoms with E-state index in [1.165, 1.54) is 0 Å². The van der Waals surface area contributed by atoms with Gasteiger partial charge in [-0.2, -0.15) is 0 Å². The molecule has 3 nitrogen and oxygen atoms in total. The fourth-order valence-corrected chi connectivity index (χ4v) is 1.83. The number of hydrogen-bond donors (Lipinski definition) is 2. The first-order chi connectivity index (χ1) is 6.08. The topological polar surface area (TPSA) is 63.3 Å². The molecule has 0 spiro atoms. The third-order valence-corrected chi connectivity index (χ3v) is 2.95. The van der Waals surface area contributed by atoms with Gasteiger partial charge in [-0.25, -0.2) is 0 Å². The molecule has 74 valence electrons. The SMILES string of the molecule is NCC1(CC(=O)O)CC=C(Cl)CC1.